The van der Waals surface area contributed by atoms with Gasteiger partial charge in [-0.1, -0.05) is 72.5 Å². The lowest BCUT2D eigenvalue weighted by atomic mass is 10.1. The molecule has 36 heavy (non-hydrogen) atoms. The van der Waals surface area contributed by atoms with Gasteiger partial charge in [0.1, 0.15) is 10.1 Å². The molecule has 0 spiro atoms. The summed E-state index contributed by atoms with van der Waals surface area (Å²) < 4.78 is 18.1. The van der Waals surface area contributed by atoms with Crippen LogP contribution >= 0.6 is 24.0 Å². The van der Waals surface area contributed by atoms with Crippen molar-refractivity contribution in [1.29, 1.82) is 0 Å². The van der Waals surface area contributed by atoms with Crippen LogP contribution in [0.15, 0.2) is 71.6 Å². The monoisotopic (exact) mass is 519 g/mol. The maximum absolute atomic E-state index is 13.1. The highest BCUT2D eigenvalue weighted by Gasteiger charge is 2.32. The van der Waals surface area contributed by atoms with E-state index >= 15 is 0 Å². The van der Waals surface area contributed by atoms with Crippen LogP contribution in [0.3, 0.4) is 0 Å². The van der Waals surface area contributed by atoms with Crippen LogP contribution in [0.4, 0.5) is 0 Å². The number of hydrogen-bond acceptors (Lipinski definition) is 6. The number of thiocarbonyl (C=S) groups is 1. The average molecular weight is 520 g/mol. The van der Waals surface area contributed by atoms with E-state index in [0.717, 1.165) is 16.9 Å². The topological polar surface area (TPSA) is 48.0 Å². The molecule has 0 saturated carbocycles. The fourth-order valence-electron chi connectivity index (χ4n) is 3.73. The van der Waals surface area contributed by atoms with Gasteiger partial charge in [0.2, 0.25) is 0 Å². The molecule has 4 rings (SSSR count). The molecule has 0 aliphatic carbocycles. The smallest absolute Gasteiger partial charge is 0.266 e. The molecule has 5 nitrogen and oxygen atoms in total. The van der Waals surface area contributed by atoms with Crippen LogP contribution in [0.2, 0.25) is 0 Å². The zero-order valence-electron chi connectivity index (χ0n) is 20.7. The first-order chi connectivity index (χ1) is 17.5. The summed E-state index contributed by atoms with van der Waals surface area (Å²) >= 11 is 6.81. The second kappa shape index (κ2) is 12.1. The Morgan fingerprint density at radius 1 is 0.944 bits per heavy atom. The summed E-state index contributed by atoms with van der Waals surface area (Å²) in [7, 11) is 1.61. The molecule has 3 aromatic carbocycles. The van der Waals surface area contributed by atoms with Gasteiger partial charge in [-0.05, 0) is 54.8 Å². The van der Waals surface area contributed by atoms with Gasteiger partial charge in [0, 0.05) is 12.0 Å². The Labute approximate surface area is 222 Å². The van der Waals surface area contributed by atoms with E-state index in [1.54, 1.807) is 12.0 Å². The maximum Gasteiger partial charge on any atom is 0.266 e. The van der Waals surface area contributed by atoms with Gasteiger partial charge in [0.15, 0.2) is 11.5 Å². The molecule has 0 unspecified atom stereocenters. The van der Waals surface area contributed by atoms with Gasteiger partial charge in [0.05, 0.1) is 31.8 Å². The van der Waals surface area contributed by atoms with Gasteiger partial charge in [-0.25, -0.2) is 0 Å². The Bertz CT molecular complexity index is 1270. The van der Waals surface area contributed by atoms with E-state index < -0.39 is 0 Å². The first kappa shape index (κ1) is 25.8. The zero-order valence-corrected chi connectivity index (χ0v) is 22.3. The normalized spacial score (nSPS) is 14.4. The molecule has 0 N–H and O–H groups in total. The van der Waals surface area contributed by atoms with Crippen LogP contribution in [0.5, 0.6) is 17.2 Å². The van der Waals surface area contributed by atoms with Crippen molar-refractivity contribution in [1.82, 2.24) is 4.90 Å². The summed E-state index contributed by atoms with van der Waals surface area (Å²) in [5, 5.41) is 0. The number of ether oxygens (including phenoxy) is 3. The first-order valence-corrected chi connectivity index (χ1v) is 13.0. The largest absolute Gasteiger partial charge is 0.493 e. The SMILES string of the molecule is COc1cccc(/C=C2\SC(=S)N(Cc3ccccc3)C2=O)c1OCCCOc1ccc(C)c(C)c1. The second-order valence-corrected chi connectivity index (χ2v) is 10.1. The van der Waals surface area contributed by atoms with Gasteiger partial charge in [-0.3, -0.25) is 9.69 Å². The number of methoxy groups -OCH3 is 1. The highest BCUT2D eigenvalue weighted by Crippen LogP contribution is 2.38. The van der Waals surface area contributed by atoms with E-state index in [-0.39, 0.29) is 5.91 Å². The molecule has 0 radical (unpaired) electrons. The van der Waals surface area contributed by atoms with Crippen molar-refractivity contribution in [2.75, 3.05) is 20.3 Å². The van der Waals surface area contributed by atoms with E-state index in [4.69, 9.17) is 26.4 Å². The van der Waals surface area contributed by atoms with Crippen LogP contribution in [-0.2, 0) is 11.3 Å². The number of carbonyl (C=O) groups excluding carboxylic acids is 1. The number of carbonyl (C=O) groups is 1. The fraction of sp³-hybridized carbons (Fsp3) is 0.241. The third kappa shape index (κ3) is 6.28. The summed E-state index contributed by atoms with van der Waals surface area (Å²) in [6.07, 6.45) is 2.53. The lowest BCUT2D eigenvalue weighted by molar-refractivity contribution is -0.122. The number of amides is 1. The van der Waals surface area contributed by atoms with Gasteiger partial charge < -0.3 is 14.2 Å². The van der Waals surface area contributed by atoms with Crippen LogP contribution in [-0.4, -0.2) is 35.5 Å². The van der Waals surface area contributed by atoms with Crippen LogP contribution in [0, 0.1) is 13.8 Å². The van der Waals surface area contributed by atoms with Crippen LogP contribution < -0.4 is 14.2 Å². The van der Waals surface area contributed by atoms with E-state index in [2.05, 4.69) is 19.9 Å². The van der Waals surface area contributed by atoms with Gasteiger partial charge in [-0.15, -0.1) is 0 Å². The third-order valence-electron chi connectivity index (χ3n) is 5.86. The molecule has 1 saturated heterocycles. The van der Waals surface area contributed by atoms with Crippen molar-refractivity contribution >= 4 is 40.3 Å². The number of para-hydroxylation sites is 1. The predicted octanol–water partition coefficient (Wildman–Crippen LogP) is 6.56. The molecule has 3 aromatic rings. The molecular weight excluding hydrogens is 490 g/mol. The molecule has 1 heterocycles. The lowest BCUT2D eigenvalue weighted by Gasteiger charge is -2.15. The fourth-order valence-corrected chi connectivity index (χ4v) is 4.98. The highest BCUT2D eigenvalue weighted by molar-refractivity contribution is 8.26. The van der Waals surface area contributed by atoms with Crippen LogP contribution in [0.1, 0.15) is 28.7 Å². The molecule has 1 aliphatic heterocycles. The predicted molar refractivity (Wildman–Crippen MR) is 150 cm³/mol. The Morgan fingerprint density at radius 3 is 2.47 bits per heavy atom. The molecular formula is C29H29NO4S2. The number of benzene rings is 3. The molecule has 1 amide bonds. The quantitative estimate of drug-likeness (QED) is 0.172. The number of rotatable bonds is 10. The van der Waals surface area contributed by atoms with Gasteiger partial charge >= 0.3 is 0 Å². The van der Waals surface area contributed by atoms with E-state index in [0.29, 0.717) is 46.9 Å². The van der Waals surface area contributed by atoms with E-state index in [1.165, 1.54) is 22.9 Å². The Balaban J connectivity index is 1.42. The number of aryl methyl sites for hydroxylation is 2. The number of hydrogen-bond donors (Lipinski definition) is 0. The highest BCUT2D eigenvalue weighted by atomic mass is 32.2. The molecule has 186 valence electrons. The lowest BCUT2D eigenvalue weighted by Crippen LogP contribution is -2.27. The molecule has 1 aliphatic rings. The van der Waals surface area contributed by atoms with Crippen molar-refractivity contribution in [3.8, 4) is 17.2 Å². The van der Waals surface area contributed by atoms with Crippen molar-refractivity contribution in [3.05, 3.63) is 93.9 Å². The summed E-state index contributed by atoms with van der Waals surface area (Å²) in [5.41, 5.74) is 4.25. The summed E-state index contributed by atoms with van der Waals surface area (Å²) in [6.45, 7) is 5.58. The molecule has 0 aromatic heterocycles. The van der Waals surface area contributed by atoms with E-state index in [1.807, 2.05) is 66.7 Å². The van der Waals surface area contributed by atoms with Gasteiger partial charge in [0.25, 0.3) is 5.91 Å². The first-order valence-electron chi connectivity index (χ1n) is 11.8. The number of thioether (sulfide) groups is 1. The summed E-state index contributed by atoms with van der Waals surface area (Å²) in [5.74, 6) is 1.95. The van der Waals surface area contributed by atoms with E-state index in [9.17, 15) is 4.79 Å². The van der Waals surface area contributed by atoms with Crippen molar-refractivity contribution in [2.45, 2.75) is 26.8 Å². The summed E-state index contributed by atoms with van der Waals surface area (Å²) in [4.78, 5) is 15.3. The van der Waals surface area contributed by atoms with Crippen molar-refractivity contribution in [2.24, 2.45) is 0 Å². The van der Waals surface area contributed by atoms with Crippen LogP contribution in [0.25, 0.3) is 6.08 Å². The van der Waals surface area contributed by atoms with Crippen molar-refractivity contribution in [3.63, 3.8) is 0 Å². The molecule has 1 fully saturated rings. The average Bonchev–Trinajstić information content (AvgIpc) is 3.14. The molecule has 7 heteroatoms. The minimum atomic E-state index is -0.107. The van der Waals surface area contributed by atoms with Gasteiger partial charge in [-0.2, -0.15) is 0 Å². The minimum Gasteiger partial charge on any atom is -0.493 e. The second-order valence-electron chi connectivity index (χ2n) is 8.43. The summed E-state index contributed by atoms with van der Waals surface area (Å²) in [6, 6.07) is 21.6. The molecule has 0 atom stereocenters. The zero-order chi connectivity index (χ0) is 25.5. The Kier molecular flexibility index (Phi) is 8.67. The standard InChI is InChI=1S/C29H29NO4S2/c1-20-13-14-24(17-21(20)2)33-15-8-16-34-27-23(11-7-12-25(27)32-3)18-26-28(31)30(29(35)36-26)19-22-9-5-4-6-10-22/h4-7,9-14,17-18H,8,15-16,19H2,1-3H3/b26-18-. The third-order valence-corrected chi connectivity index (χ3v) is 7.23. The molecule has 0 bridgehead atoms. The maximum atomic E-state index is 13.1. The Hall–Kier alpha value is -3.29. The number of nitrogens with zero attached hydrogens (tertiary/aromatic N) is 1. The van der Waals surface area contributed by atoms with Crippen molar-refractivity contribution < 1.29 is 19.0 Å². The minimum absolute atomic E-state index is 0.107. The Morgan fingerprint density at radius 2 is 1.72 bits per heavy atom.